The van der Waals surface area contributed by atoms with Crippen LogP contribution in [-0.4, -0.2) is 30.7 Å². The van der Waals surface area contributed by atoms with Crippen molar-refractivity contribution in [2.75, 3.05) is 19.7 Å². The first-order chi connectivity index (χ1) is 4.86. The third-order valence-corrected chi connectivity index (χ3v) is 1.65. The Morgan fingerprint density at radius 3 is 2.90 bits per heavy atom. The molecule has 1 saturated heterocycles. The molecular weight excluding hydrogens is 126 g/mol. The molecule has 0 aromatic rings. The Morgan fingerprint density at radius 1 is 1.50 bits per heavy atom. The minimum absolute atomic E-state index is 0.187. The zero-order valence-corrected chi connectivity index (χ0v) is 6.12. The molecule has 0 amide bonds. The van der Waals surface area contributed by atoms with Gasteiger partial charge in [-0.15, -0.1) is 6.58 Å². The number of hydrogen-bond acceptors (Lipinski definition) is 2. The van der Waals surface area contributed by atoms with E-state index in [1.54, 1.807) is 0 Å². The topological polar surface area (TPSA) is 12.5 Å². The molecule has 1 heterocycles. The summed E-state index contributed by atoms with van der Waals surface area (Å²) in [6.07, 6.45) is 3.86. The Morgan fingerprint density at radius 2 is 2.30 bits per heavy atom. The molecule has 56 valence electrons. The highest BCUT2D eigenvalue weighted by molar-refractivity contribution is 4.88. The van der Waals surface area contributed by atoms with Crippen LogP contribution in [0.2, 0.25) is 0 Å². The lowest BCUT2D eigenvalue weighted by atomic mass is 10.3. The monoisotopic (exact) mass is 139 g/mol. The van der Waals surface area contributed by atoms with Crippen LogP contribution < -0.4 is 0 Å². The Hall–Kier alpha value is -0.760. The van der Waals surface area contributed by atoms with E-state index in [4.69, 9.17) is 4.74 Å². The van der Waals surface area contributed by atoms with E-state index in [2.05, 4.69) is 18.1 Å². The summed E-state index contributed by atoms with van der Waals surface area (Å²) in [7, 11) is 0. The summed E-state index contributed by atoms with van der Waals surface area (Å²) in [5, 5.41) is 0. The zero-order chi connectivity index (χ0) is 7.40. The van der Waals surface area contributed by atoms with Crippen LogP contribution in [0.4, 0.5) is 0 Å². The molecule has 0 saturated carbocycles. The SMILES string of the molecule is C=CC1CN(C=C)CCO1. The Kier molecular flexibility index (Phi) is 2.51. The van der Waals surface area contributed by atoms with Gasteiger partial charge in [0.15, 0.2) is 0 Å². The van der Waals surface area contributed by atoms with E-state index < -0.39 is 0 Å². The number of nitrogens with zero attached hydrogens (tertiary/aromatic N) is 1. The lowest BCUT2D eigenvalue weighted by Gasteiger charge is -2.29. The van der Waals surface area contributed by atoms with Crippen molar-refractivity contribution in [3.63, 3.8) is 0 Å². The van der Waals surface area contributed by atoms with Crippen molar-refractivity contribution in [1.29, 1.82) is 0 Å². The average molecular weight is 139 g/mol. The molecule has 1 atom stereocenters. The van der Waals surface area contributed by atoms with Gasteiger partial charge in [0.25, 0.3) is 0 Å². The average Bonchev–Trinajstić information content (AvgIpc) is 2.05. The highest BCUT2D eigenvalue weighted by atomic mass is 16.5. The normalized spacial score (nSPS) is 26.0. The maximum Gasteiger partial charge on any atom is 0.0928 e. The Bertz CT molecular complexity index is 119. The van der Waals surface area contributed by atoms with Gasteiger partial charge in [0.1, 0.15) is 0 Å². The molecule has 0 radical (unpaired) electrons. The van der Waals surface area contributed by atoms with Crippen molar-refractivity contribution < 1.29 is 4.74 Å². The van der Waals surface area contributed by atoms with Crippen molar-refractivity contribution in [3.05, 3.63) is 25.4 Å². The van der Waals surface area contributed by atoms with Gasteiger partial charge < -0.3 is 9.64 Å². The first-order valence-corrected chi connectivity index (χ1v) is 3.47. The lowest BCUT2D eigenvalue weighted by molar-refractivity contribution is 0.0151. The van der Waals surface area contributed by atoms with Crippen LogP contribution in [0.1, 0.15) is 0 Å². The summed E-state index contributed by atoms with van der Waals surface area (Å²) in [6, 6.07) is 0. The highest BCUT2D eigenvalue weighted by Crippen LogP contribution is 2.04. The molecule has 0 spiro atoms. The third kappa shape index (κ3) is 1.61. The van der Waals surface area contributed by atoms with Gasteiger partial charge in [0.2, 0.25) is 0 Å². The van der Waals surface area contributed by atoms with Crippen LogP contribution >= 0.6 is 0 Å². The van der Waals surface area contributed by atoms with Gasteiger partial charge in [-0.2, -0.15) is 0 Å². The van der Waals surface area contributed by atoms with E-state index >= 15 is 0 Å². The number of rotatable bonds is 2. The van der Waals surface area contributed by atoms with Crippen LogP contribution in [0.25, 0.3) is 0 Å². The Labute approximate surface area is 61.8 Å². The standard InChI is InChI=1S/C8H13NO/c1-3-8-7-9(4-2)5-6-10-8/h3-4,8H,1-2,5-7H2. The fourth-order valence-electron chi connectivity index (χ4n) is 1.00. The first kappa shape index (κ1) is 7.35. The van der Waals surface area contributed by atoms with Crippen LogP contribution in [0, 0.1) is 0 Å². The largest absolute Gasteiger partial charge is 0.373 e. The van der Waals surface area contributed by atoms with Crippen molar-refractivity contribution >= 4 is 0 Å². The van der Waals surface area contributed by atoms with Gasteiger partial charge in [-0.05, 0) is 6.20 Å². The van der Waals surface area contributed by atoms with Gasteiger partial charge in [-0.1, -0.05) is 12.7 Å². The van der Waals surface area contributed by atoms with E-state index in [0.29, 0.717) is 0 Å². The zero-order valence-electron chi connectivity index (χ0n) is 6.12. The fourth-order valence-corrected chi connectivity index (χ4v) is 1.00. The molecule has 1 fully saturated rings. The second-order valence-electron chi connectivity index (χ2n) is 2.32. The van der Waals surface area contributed by atoms with Crippen molar-refractivity contribution in [2.24, 2.45) is 0 Å². The van der Waals surface area contributed by atoms with Crippen molar-refractivity contribution in [3.8, 4) is 0 Å². The van der Waals surface area contributed by atoms with Crippen molar-refractivity contribution in [2.45, 2.75) is 6.10 Å². The maximum absolute atomic E-state index is 5.35. The molecular formula is C8H13NO. The second kappa shape index (κ2) is 3.42. The smallest absolute Gasteiger partial charge is 0.0928 e. The third-order valence-electron chi connectivity index (χ3n) is 1.65. The van der Waals surface area contributed by atoms with Crippen LogP contribution in [0.3, 0.4) is 0 Å². The molecule has 1 rings (SSSR count). The number of ether oxygens (including phenoxy) is 1. The van der Waals surface area contributed by atoms with Gasteiger partial charge in [-0.25, -0.2) is 0 Å². The van der Waals surface area contributed by atoms with E-state index in [0.717, 1.165) is 19.7 Å². The quantitative estimate of drug-likeness (QED) is 0.529. The van der Waals surface area contributed by atoms with Crippen molar-refractivity contribution in [1.82, 2.24) is 4.90 Å². The summed E-state index contributed by atoms with van der Waals surface area (Å²) >= 11 is 0. The van der Waals surface area contributed by atoms with Crippen LogP contribution in [0.15, 0.2) is 25.4 Å². The van der Waals surface area contributed by atoms with Crippen LogP contribution in [-0.2, 0) is 4.74 Å². The molecule has 0 aliphatic carbocycles. The van der Waals surface area contributed by atoms with Gasteiger partial charge in [-0.3, -0.25) is 0 Å². The molecule has 0 N–H and O–H groups in total. The second-order valence-corrected chi connectivity index (χ2v) is 2.32. The molecule has 0 aromatic heterocycles. The predicted molar refractivity (Wildman–Crippen MR) is 41.7 cm³/mol. The molecule has 0 bridgehead atoms. The predicted octanol–water partition coefficient (Wildman–Crippen LogP) is 1.02. The van der Waals surface area contributed by atoms with Crippen LogP contribution in [0.5, 0.6) is 0 Å². The van der Waals surface area contributed by atoms with Gasteiger partial charge >= 0.3 is 0 Å². The minimum atomic E-state index is 0.187. The van der Waals surface area contributed by atoms with Gasteiger partial charge in [0, 0.05) is 13.1 Å². The van der Waals surface area contributed by atoms with E-state index in [9.17, 15) is 0 Å². The summed E-state index contributed by atoms with van der Waals surface area (Å²) in [6.45, 7) is 9.98. The number of hydrogen-bond donors (Lipinski definition) is 0. The first-order valence-electron chi connectivity index (χ1n) is 3.47. The summed E-state index contributed by atoms with van der Waals surface area (Å²) in [4.78, 5) is 2.13. The molecule has 2 nitrogen and oxygen atoms in total. The molecule has 1 aliphatic heterocycles. The summed E-state index contributed by atoms with van der Waals surface area (Å²) in [5.74, 6) is 0. The fraction of sp³-hybridized carbons (Fsp3) is 0.500. The van der Waals surface area contributed by atoms with E-state index in [1.807, 2.05) is 12.3 Å². The summed E-state index contributed by atoms with van der Waals surface area (Å²) < 4.78 is 5.35. The molecule has 2 heteroatoms. The summed E-state index contributed by atoms with van der Waals surface area (Å²) in [5.41, 5.74) is 0. The molecule has 1 unspecified atom stereocenters. The lowest BCUT2D eigenvalue weighted by Crippen LogP contribution is -2.37. The van der Waals surface area contributed by atoms with Gasteiger partial charge in [0.05, 0.1) is 12.7 Å². The minimum Gasteiger partial charge on any atom is -0.373 e. The van der Waals surface area contributed by atoms with E-state index in [-0.39, 0.29) is 6.10 Å². The Balaban J connectivity index is 2.38. The highest BCUT2D eigenvalue weighted by Gasteiger charge is 2.13. The molecule has 10 heavy (non-hydrogen) atoms. The van der Waals surface area contributed by atoms with E-state index in [1.165, 1.54) is 0 Å². The number of morpholine rings is 1. The molecule has 1 aliphatic rings. The molecule has 0 aromatic carbocycles. The maximum atomic E-state index is 5.35.